The zero-order valence-electron chi connectivity index (χ0n) is 47.0. The van der Waals surface area contributed by atoms with Crippen molar-refractivity contribution in [3.8, 4) is 0 Å². The zero-order valence-corrected chi connectivity index (χ0v) is 49.4. The Hall–Kier alpha value is -5.97. The molecule has 6 aromatic heterocycles. The molecule has 6 saturated heterocycles. The number of primary amides is 1. The quantitative estimate of drug-likeness (QED) is 0.148. The Morgan fingerprint density at radius 1 is 0.532 bits per heavy atom. The minimum absolute atomic E-state index is 0.0599. The number of likely N-dealkylation sites (tertiary alicyclic amines) is 2. The molecule has 422 valence electrons. The molecule has 3 spiro atoms. The Kier molecular flexibility index (Phi) is 15.8. The fourth-order valence-electron chi connectivity index (χ4n) is 12.3. The molecule has 3 N–H and O–H groups in total. The van der Waals surface area contributed by atoms with Crippen LogP contribution in [0.15, 0.2) is 37.2 Å². The summed E-state index contributed by atoms with van der Waals surface area (Å²) < 4.78 is 8.50. The van der Waals surface area contributed by atoms with Crippen LogP contribution in [0.5, 0.6) is 0 Å². The third kappa shape index (κ3) is 12.2. The Morgan fingerprint density at radius 3 is 1.29 bits per heavy atom. The zero-order chi connectivity index (χ0) is 56.1. The molecular weight excluding hydrogens is 1060 g/mol. The summed E-state index contributed by atoms with van der Waals surface area (Å²) in [5.74, 6) is 2.81. The van der Waals surface area contributed by atoms with Crippen LogP contribution in [0.25, 0.3) is 30.6 Å². The first-order chi connectivity index (χ1) is 37.5. The molecule has 12 heterocycles. The van der Waals surface area contributed by atoms with Crippen LogP contribution < -0.4 is 25.8 Å². The van der Waals surface area contributed by atoms with Crippen molar-refractivity contribution in [2.75, 3.05) is 93.2 Å². The largest absolute Gasteiger partial charge is 0.444 e. The number of aromatic nitrogens is 6. The lowest BCUT2D eigenvalue weighted by molar-refractivity contribution is -0.138. The number of fused-ring (bicyclic) bond motifs is 3. The van der Waals surface area contributed by atoms with E-state index in [0.29, 0.717) is 10.3 Å². The minimum atomic E-state index is -0.464. The van der Waals surface area contributed by atoms with Crippen molar-refractivity contribution in [2.24, 2.45) is 27.4 Å². The van der Waals surface area contributed by atoms with E-state index in [9.17, 15) is 24.0 Å². The molecule has 0 atom stereocenters. The van der Waals surface area contributed by atoms with Crippen LogP contribution in [-0.2, 0) is 9.53 Å². The van der Waals surface area contributed by atoms with Gasteiger partial charge in [0.25, 0.3) is 5.91 Å². The van der Waals surface area contributed by atoms with E-state index in [-0.39, 0.29) is 39.8 Å². The summed E-state index contributed by atoms with van der Waals surface area (Å²) >= 11 is 4.36. The monoisotopic (exact) mass is 1130 g/mol. The highest BCUT2D eigenvalue weighted by atomic mass is 32.1. The van der Waals surface area contributed by atoms with Crippen LogP contribution in [0.4, 0.5) is 22.2 Å². The first-order valence-corrected chi connectivity index (χ1v) is 30.2. The summed E-state index contributed by atoms with van der Waals surface area (Å²) in [5, 5.41) is 3.49. The number of ether oxygens (including phenoxy) is 1. The van der Waals surface area contributed by atoms with Crippen molar-refractivity contribution >= 4 is 112 Å². The van der Waals surface area contributed by atoms with E-state index < -0.39 is 11.5 Å². The van der Waals surface area contributed by atoms with Gasteiger partial charge in [-0.15, -0.1) is 34.0 Å². The molecular formula is C57H75N13O6S3. The van der Waals surface area contributed by atoms with Gasteiger partial charge >= 0.3 is 6.09 Å². The van der Waals surface area contributed by atoms with Crippen LogP contribution in [0.3, 0.4) is 0 Å². The molecule has 0 bridgehead atoms. The van der Waals surface area contributed by atoms with E-state index in [0.717, 1.165) is 175 Å². The average molecular weight is 1130 g/mol. The van der Waals surface area contributed by atoms with Crippen LogP contribution in [0.1, 0.15) is 142 Å². The molecule has 0 aliphatic carbocycles. The first kappa shape index (κ1) is 56.3. The number of anilines is 3. The maximum absolute atomic E-state index is 12.7. The summed E-state index contributed by atoms with van der Waals surface area (Å²) in [4.78, 5) is 99.3. The van der Waals surface area contributed by atoms with Crippen molar-refractivity contribution in [2.45, 2.75) is 119 Å². The Morgan fingerprint density at radius 2 is 0.911 bits per heavy atom. The maximum Gasteiger partial charge on any atom is 0.410 e. The Bertz CT molecular complexity index is 3250. The number of Topliss-reactive ketones (excluding diaryl/α,β-unsaturated/α-hetero) is 2. The van der Waals surface area contributed by atoms with E-state index in [2.05, 4.69) is 54.8 Å². The highest BCUT2D eigenvalue weighted by Crippen LogP contribution is 2.46. The fourth-order valence-corrected chi connectivity index (χ4v) is 15.3. The summed E-state index contributed by atoms with van der Waals surface area (Å²) in [6.07, 6.45) is 14.5. The number of carbonyl (C=O) groups excluding carboxylic acids is 5. The Balaban J connectivity index is 0.000000135. The smallest absolute Gasteiger partial charge is 0.410 e. The summed E-state index contributed by atoms with van der Waals surface area (Å²) in [5.41, 5.74) is 8.00. The molecule has 12 rings (SSSR count). The van der Waals surface area contributed by atoms with Gasteiger partial charge in [-0.2, -0.15) is 0 Å². The second kappa shape index (κ2) is 22.2. The van der Waals surface area contributed by atoms with Gasteiger partial charge in [0.1, 0.15) is 42.0 Å². The number of ketones is 2. The lowest BCUT2D eigenvalue weighted by atomic mass is 9.77. The third-order valence-corrected chi connectivity index (χ3v) is 20.6. The van der Waals surface area contributed by atoms with Crippen LogP contribution in [0, 0.1) is 21.7 Å². The number of piperidine rings is 3. The topological polar surface area (TPSA) is 226 Å². The second-order valence-electron chi connectivity index (χ2n) is 24.8. The predicted octanol–water partition coefficient (Wildman–Crippen LogP) is 9.25. The summed E-state index contributed by atoms with van der Waals surface area (Å²) in [6.45, 7) is 26.1. The van der Waals surface area contributed by atoms with Gasteiger partial charge in [0.15, 0.2) is 11.6 Å². The van der Waals surface area contributed by atoms with Crippen molar-refractivity contribution < 1.29 is 28.7 Å². The molecule has 0 saturated carbocycles. The molecule has 0 unspecified atom stereocenters. The predicted molar refractivity (Wildman–Crippen MR) is 313 cm³/mol. The second-order valence-corrected chi connectivity index (χ2v) is 28.0. The number of rotatable bonds is 6. The molecule has 22 heteroatoms. The van der Waals surface area contributed by atoms with E-state index in [1.807, 2.05) is 58.6 Å². The molecule has 0 aromatic carbocycles. The maximum atomic E-state index is 12.7. The standard InChI is InChI=1S/C21H28N4O3S.C21H28N4O2S.C15H19N5OS/c1-14(26)16-11-15-17(29-16)18(23-13-22-15)24-8-5-21(6-9-24)7-10-25(12-21)19(27)28-20(2,3)4;1-14(26)16-11-15-17(28-16)18(23-13-22-15)24-8-5-21(6-9-24)7-10-25(12-21)19(27)20(2,3)4;16-13(21)11-7-10-12(22-11)14(19-9-18-10)20-5-2-15(3-6-20)1-4-17-8-15/h11,13H,5-10,12H2,1-4H3;11,13H,5-10,12H2,1-4H3;7,9,17H,1-6,8H2,(H2,16,21). The molecule has 6 aliphatic heterocycles. The number of hydrogen-bond acceptors (Lipinski definition) is 19. The normalized spacial score (nSPS) is 19.8. The number of nitrogens with zero attached hydrogens (tertiary/aromatic N) is 11. The highest BCUT2D eigenvalue weighted by Gasteiger charge is 2.46. The van der Waals surface area contributed by atoms with Gasteiger partial charge in [-0.1, -0.05) is 20.8 Å². The molecule has 19 nitrogen and oxygen atoms in total. The van der Waals surface area contributed by atoms with Gasteiger partial charge in [-0.05, 0) is 133 Å². The number of nitrogens with one attached hydrogen (secondary N) is 1. The minimum Gasteiger partial charge on any atom is -0.444 e. The number of carbonyl (C=O) groups is 5. The van der Waals surface area contributed by atoms with E-state index in [4.69, 9.17) is 10.5 Å². The Labute approximate surface area is 474 Å². The van der Waals surface area contributed by atoms with Crippen molar-refractivity contribution in [1.82, 2.24) is 45.0 Å². The lowest BCUT2D eigenvalue weighted by Gasteiger charge is -2.40. The summed E-state index contributed by atoms with van der Waals surface area (Å²) in [6, 6.07) is 5.49. The van der Waals surface area contributed by atoms with Gasteiger partial charge in [0.2, 0.25) is 5.91 Å². The van der Waals surface area contributed by atoms with Crippen LogP contribution in [0.2, 0.25) is 0 Å². The molecule has 0 radical (unpaired) electrons. The van der Waals surface area contributed by atoms with Crippen molar-refractivity contribution in [3.05, 3.63) is 51.8 Å². The molecule has 3 amide bonds. The van der Waals surface area contributed by atoms with Gasteiger partial charge in [-0.3, -0.25) is 19.2 Å². The van der Waals surface area contributed by atoms with E-state index >= 15 is 0 Å². The van der Waals surface area contributed by atoms with Crippen LogP contribution in [-0.4, -0.2) is 153 Å². The van der Waals surface area contributed by atoms with E-state index in [1.54, 1.807) is 38.9 Å². The average Bonchev–Trinajstić information content (AvgIpc) is 4.45. The third-order valence-electron chi connectivity index (χ3n) is 17.0. The fraction of sp³-hybridized carbons (Fsp3) is 0.596. The molecule has 6 fully saturated rings. The lowest BCUT2D eigenvalue weighted by Crippen LogP contribution is -2.44. The highest BCUT2D eigenvalue weighted by molar-refractivity contribution is 7.22. The SMILES string of the molecule is CC(=O)c1cc2ncnc(N3CCC4(CCN(C(=O)C(C)(C)C)C4)CC3)c2s1.CC(=O)c1cc2ncnc(N3CCC4(CCN(C(=O)OC(C)(C)C)C4)CC3)c2s1.NC(=O)c1cc2ncnc(N3CCC4(CCNC4)CC3)c2s1. The first-order valence-electron chi connectivity index (χ1n) is 27.8. The van der Waals surface area contributed by atoms with E-state index in [1.165, 1.54) is 53.3 Å². The number of thiophene rings is 3. The molecule has 6 aromatic rings. The van der Waals surface area contributed by atoms with Crippen molar-refractivity contribution in [3.63, 3.8) is 0 Å². The number of nitrogens with two attached hydrogens (primary N) is 1. The van der Waals surface area contributed by atoms with Gasteiger partial charge < -0.3 is 40.3 Å². The number of hydrogen-bond donors (Lipinski definition) is 2. The summed E-state index contributed by atoms with van der Waals surface area (Å²) in [7, 11) is 0. The van der Waals surface area contributed by atoms with Gasteiger partial charge in [0, 0.05) is 77.4 Å². The van der Waals surface area contributed by atoms with Gasteiger partial charge in [0.05, 0.1) is 45.3 Å². The van der Waals surface area contributed by atoms with Gasteiger partial charge in [-0.25, -0.2) is 34.7 Å². The number of amides is 3. The molecule has 79 heavy (non-hydrogen) atoms. The van der Waals surface area contributed by atoms with Crippen LogP contribution >= 0.6 is 34.0 Å². The molecule has 6 aliphatic rings. The van der Waals surface area contributed by atoms with Crippen molar-refractivity contribution in [1.29, 1.82) is 0 Å².